The van der Waals surface area contributed by atoms with E-state index in [1.807, 2.05) is 31.2 Å². The molecule has 1 saturated carbocycles. The van der Waals surface area contributed by atoms with Crippen LogP contribution in [0.3, 0.4) is 0 Å². The van der Waals surface area contributed by atoms with Crippen molar-refractivity contribution in [2.24, 2.45) is 0 Å². The van der Waals surface area contributed by atoms with Crippen LogP contribution in [0.15, 0.2) is 35.3 Å². The lowest BCUT2D eigenvalue weighted by atomic mass is 10.1. The minimum absolute atomic E-state index is 0.00383. The van der Waals surface area contributed by atoms with Gasteiger partial charge in [-0.15, -0.1) is 0 Å². The summed E-state index contributed by atoms with van der Waals surface area (Å²) in [5, 5.41) is 0. The van der Waals surface area contributed by atoms with Crippen LogP contribution >= 0.6 is 0 Å². The smallest absolute Gasteiger partial charge is 0.263 e. The highest BCUT2D eigenvalue weighted by atomic mass is 16.5. The number of piperazine rings is 1. The van der Waals surface area contributed by atoms with E-state index >= 15 is 0 Å². The van der Waals surface area contributed by atoms with Crippen LogP contribution in [0.1, 0.15) is 41.9 Å². The maximum atomic E-state index is 12.9. The summed E-state index contributed by atoms with van der Waals surface area (Å²) < 4.78 is 5.20. The molecule has 1 aliphatic carbocycles. The molecule has 2 fully saturated rings. The van der Waals surface area contributed by atoms with Gasteiger partial charge in [-0.1, -0.05) is 0 Å². The third kappa shape index (κ3) is 3.54. The number of methoxy groups -OCH3 is 1. The van der Waals surface area contributed by atoms with Gasteiger partial charge in [-0.2, -0.15) is 0 Å². The van der Waals surface area contributed by atoms with E-state index < -0.39 is 0 Å². The number of hydrogen-bond donors (Lipinski definition) is 1. The lowest BCUT2D eigenvalue weighted by Crippen LogP contribution is -2.54. The van der Waals surface area contributed by atoms with Crippen LogP contribution < -0.4 is 15.2 Å². The molecule has 1 N–H and O–H groups in total. The van der Waals surface area contributed by atoms with E-state index in [9.17, 15) is 9.59 Å². The van der Waals surface area contributed by atoms with E-state index in [1.54, 1.807) is 12.0 Å². The van der Waals surface area contributed by atoms with Crippen LogP contribution in [-0.4, -0.2) is 53.6 Å². The number of rotatable bonds is 4. The molecule has 1 amide bonds. The first-order chi connectivity index (χ1) is 13.1. The third-order valence-electron chi connectivity index (χ3n) is 5.34. The van der Waals surface area contributed by atoms with Gasteiger partial charge in [0.25, 0.3) is 11.5 Å². The molecule has 1 aromatic heterocycles. The predicted molar refractivity (Wildman–Crippen MR) is 103 cm³/mol. The summed E-state index contributed by atoms with van der Waals surface area (Å²) in [5.41, 5.74) is 0.897. The number of H-pyrrole nitrogens is 1. The normalized spacial score (nSPS) is 19.9. The molecule has 2 aromatic rings. The molecule has 142 valence electrons. The van der Waals surface area contributed by atoms with Crippen molar-refractivity contribution < 1.29 is 9.53 Å². The van der Waals surface area contributed by atoms with Crippen molar-refractivity contribution in [1.29, 1.82) is 0 Å². The summed E-state index contributed by atoms with van der Waals surface area (Å²) in [5.74, 6) is 1.64. The number of anilines is 1. The molecule has 2 heterocycles. The molecular formula is C20H24N4O3. The van der Waals surface area contributed by atoms with Gasteiger partial charge in [-0.3, -0.25) is 9.59 Å². The van der Waals surface area contributed by atoms with Crippen LogP contribution in [0.4, 0.5) is 5.69 Å². The molecule has 0 radical (unpaired) electrons. The quantitative estimate of drug-likeness (QED) is 0.893. The maximum absolute atomic E-state index is 12.9. The Morgan fingerprint density at radius 1 is 1.22 bits per heavy atom. The summed E-state index contributed by atoms with van der Waals surface area (Å²) in [6.45, 7) is 4.00. The number of aromatic nitrogens is 2. The Bertz CT molecular complexity index is 889. The van der Waals surface area contributed by atoms with Crippen molar-refractivity contribution in [2.75, 3.05) is 31.6 Å². The fraction of sp³-hybridized carbons (Fsp3) is 0.450. The number of amides is 1. The zero-order chi connectivity index (χ0) is 19.0. The number of ether oxygens (including phenoxy) is 1. The zero-order valence-electron chi connectivity index (χ0n) is 15.6. The molecule has 7 heteroatoms. The van der Waals surface area contributed by atoms with Crippen LogP contribution in [0.2, 0.25) is 0 Å². The first-order valence-corrected chi connectivity index (χ1v) is 9.36. The number of nitrogens with zero attached hydrogens (tertiary/aromatic N) is 3. The van der Waals surface area contributed by atoms with Crippen molar-refractivity contribution >= 4 is 11.6 Å². The second kappa shape index (κ2) is 7.06. The Balaban J connectivity index is 1.46. The largest absolute Gasteiger partial charge is 0.497 e. The fourth-order valence-corrected chi connectivity index (χ4v) is 3.57. The fourth-order valence-electron chi connectivity index (χ4n) is 3.57. The van der Waals surface area contributed by atoms with E-state index in [2.05, 4.69) is 14.9 Å². The van der Waals surface area contributed by atoms with Crippen molar-refractivity contribution in [2.45, 2.75) is 31.7 Å². The Morgan fingerprint density at radius 2 is 1.96 bits per heavy atom. The van der Waals surface area contributed by atoms with Gasteiger partial charge >= 0.3 is 0 Å². The summed E-state index contributed by atoms with van der Waals surface area (Å²) in [6, 6.07) is 7.91. The average Bonchev–Trinajstić information content (AvgIpc) is 3.53. The maximum Gasteiger partial charge on any atom is 0.263 e. The SMILES string of the molecule is COc1ccc(N2CCN(C(=O)c3cnc(C4CC4)[nH]c3=O)[C@@H](C)C2)cc1. The Labute approximate surface area is 158 Å². The first kappa shape index (κ1) is 17.6. The van der Waals surface area contributed by atoms with E-state index in [1.165, 1.54) is 6.20 Å². The van der Waals surface area contributed by atoms with Gasteiger partial charge in [0.05, 0.1) is 7.11 Å². The number of carbonyl (C=O) groups is 1. The lowest BCUT2D eigenvalue weighted by molar-refractivity contribution is 0.0671. The van der Waals surface area contributed by atoms with E-state index in [0.29, 0.717) is 31.4 Å². The predicted octanol–water partition coefficient (Wildman–Crippen LogP) is 2.01. The van der Waals surface area contributed by atoms with Crippen molar-refractivity contribution in [1.82, 2.24) is 14.9 Å². The Morgan fingerprint density at radius 3 is 2.56 bits per heavy atom. The summed E-state index contributed by atoms with van der Waals surface area (Å²) in [4.78, 5) is 36.3. The molecule has 0 unspecified atom stereocenters. The van der Waals surface area contributed by atoms with Crippen LogP contribution in [0.5, 0.6) is 5.75 Å². The summed E-state index contributed by atoms with van der Waals surface area (Å²) in [7, 11) is 1.65. The lowest BCUT2D eigenvalue weighted by Gasteiger charge is -2.41. The summed E-state index contributed by atoms with van der Waals surface area (Å²) in [6.07, 6.45) is 3.55. The molecule has 1 aliphatic heterocycles. The van der Waals surface area contributed by atoms with Crippen LogP contribution in [0.25, 0.3) is 0 Å². The van der Waals surface area contributed by atoms with Crippen molar-refractivity contribution in [3.63, 3.8) is 0 Å². The molecule has 1 aromatic carbocycles. The van der Waals surface area contributed by atoms with Crippen molar-refractivity contribution in [3.8, 4) is 5.75 Å². The number of benzene rings is 1. The Kier molecular flexibility index (Phi) is 4.59. The van der Waals surface area contributed by atoms with Crippen LogP contribution in [-0.2, 0) is 0 Å². The molecule has 2 aliphatic rings. The van der Waals surface area contributed by atoms with E-state index in [-0.39, 0.29) is 23.1 Å². The average molecular weight is 368 g/mol. The number of aromatic amines is 1. The monoisotopic (exact) mass is 368 g/mol. The number of carbonyl (C=O) groups excluding carboxylic acids is 1. The van der Waals surface area contributed by atoms with E-state index in [0.717, 1.165) is 24.3 Å². The first-order valence-electron chi connectivity index (χ1n) is 9.36. The molecular weight excluding hydrogens is 344 g/mol. The highest BCUT2D eigenvalue weighted by Gasteiger charge is 2.31. The van der Waals surface area contributed by atoms with E-state index in [4.69, 9.17) is 4.74 Å². The number of nitrogens with one attached hydrogen (secondary N) is 1. The zero-order valence-corrected chi connectivity index (χ0v) is 15.6. The molecule has 1 atom stereocenters. The Hall–Kier alpha value is -2.83. The third-order valence-corrected chi connectivity index (χ3v) is 5.34. The topological polar surface area (TPSA) is 78.5 Å². The van der Waals surface area contributed by atoms with Gasteiger partial charge in [0, 0.05) is 43.5 Å². The molecule has 4 rings (SSSR count). The van der Waals surface area contributed by atoms with Crippen molar-refractivity contribution in [3.05, 3.63) is 52.2 Å². The molecule has 7 nitrogen and oxygen atoms in total. The molecule has 0 spiro atoms. The van der Waals surface area contributed by atoms with Gasteiger partial charge in [0.1, 0.15) is 17.1 Å². The highest BCUT2D eigenvalue weighted by Crippen LogP contribution is 2.37. The molecule has 0 bridgehead atoms. The number of hydrogen-bond acceptors (Lipinski definition) is 5. The summed E-state index contributed by atoms with van der Waals surface area (Å²) >= 11 is 0. The standard InChI is InChI=1S/C20H24N4O3/c1-13-12-23(15-5-7-16(27-2)8-6-15)9-10-24(13)20(26)17-11-21-18(14-3-4-14)22-19(17)25/h5-8,11,13-14H,3-4,9-10,12H2,1-2H3,(H,21,22,25)/t13-/m0/s1. The minimum atomic E-state index is -0.332. The molecule has 27 heavy (non-hydrogen) atoms. The van der Waals surface area contributed by atoms with Gasteiger partial charge in [-0.25, -0.2) is 4.98 Å². The van der Waals surface area contributed by atoms with Gasteiger partial charge in [0.2, 0.25) is 0 Å². The molecule has 1 saturated heterocycles. The van der Waals surface area contributed by atoms with Gasteiger partial charge < -0.3 is 19.5 Å². The van der Waals surface area contributed by atoms with Gasteiger partial charge in [0.15, 0.2) is 0 Å². The van der Waals surface area contributed by atoms with Crippen LogP contribution in [0, 0.1) is 0 Å². The second-order valence-electron chi connectivity index (χ2n) is 7.28. The minimum Gasteiger partial charge on any atom is -0.497 e. The second-order valence-corrected chi connectivity index (χ2v) is 7.28. The van der Waals surface area contributed by atoms with Gasteiger partial charge in [-0.05, 0) is 44.0 Å². The highest BCUT2D eigenvalue weighted by molar-refractivity contribution is 5.94.